The molecule has 0 aliphatic carbocycles. The number of ether oxygens (including phenoxy) is 3. The molecular weight excluding hydrogens is 296 g/mol. The van der Waals surface area contributed by atoms with Crippen molar-refractivity contribution in [3.8, 4) is 11.5 Å². The Morgan fingerprint density at radius 1 is 1.29 bits per heavy atom. The van der Waals surface area contributed by atoms with Gasteiger partial charge in [-0.05, 0) is 30.5 Å². The summed E-state index contributed by atoms with van der Waals surface area (Å²) in [4.78, 5) is 0. The first kappa shape index (κ1) is 16.1. The number of hydrogen-bond acceptors (Lipinski definition) is 6. The molecule has 0 spiro atoms. The lowest BCUT2D eigenvalue weighted by Crippen LogP contribution is -2.25. The van der Waals surface area contributed by atoms with Gasteiger partial charge in [-0.3, -0.25) is 4.18 Å². The molecule has 1 aliphatic heterocycles. The first-order valence-corrected chi connectivity index (χ1v) is 8.59. The third kappa shape index (κ3) is 5.18. The highest BCUT2D eigenvalue weighted by atomic mass is 32.2. The van der Waals surface area contributed by atoms with E-state index in [0.717, 1.165) is 25.5 Å². The number of methoxy groups -OCH3 is 1. The smallest absolute Gasteiger partial charge is 0.264 e. The minimum atomic E-state index is -3.47. The van der Waals surface area contributed by atoms with Crippen LogP contribution in [0.3, 0.4) is 0 Å². The van der Waals surface area contributed by atoms with Gasteiger partial charge in [-0.1, -0.05) is 6.07 Å². The highest BCUT2D eigenvalue weighted by Gasteiger charge is 2.17. The Kier molecular flexibility index (Phi) is 5.44. The van der Waals surface area contributed by atoms with Crippen molar-refractivity contribution in [2.45, 2.75) is 32.2 Å². The predicted molar refractivity (Wildman–Crippen MR) is 76.8 cm³/mol. The molecule has 1 saturated heterocycles. The Hall–Kier alpha value is -1.31. The summed E-state index contributed by atoms with van der Waals surface area (Å²) >= 11 is 0. The summed E-state index contributed by atoms with van der Waals surface area (Å²) < 4.78 is 43.3. The molecule has 1 aliphatic rings. The standard InChI is InChI=1S/C14H20O6S/c1-17-13-9-11(10-19-21(2,15)16)6-7-12(13)20-14-5-3-4-8-18-14/h6-7,9,14H,3-5,8,10H2,1-2H3. The summed E-state index contributed by atoms with van der Waals surface area (Å²) in [5.41, 5.74) is 0.689. The minimum Gasteiger partial charge on any atom is -0.493 e. The van der Waals surface area contributed by atoms with E-state index in [0.29, 0.717) is 23.7 Å². The van der Waals surface area contributed by atoms with Crippen LogP contribution in [0.1, 0.15) is 24.8 Å². The van der Waals surface area contributed by atoms with Crippen molar-refractivity contribution in [1.29, 1.82) is 0 Å². The van der Waals surface area contributed by atoms with Crippen molar-refractivity contribution in [3.05, 3.63) is 23.8 Å². The molecule has 1 unspecified atom stereocenters. The summed E-state index contributed by atoms with van der Waals surface area (Å²) in [5.74, 6) is 1.10. The number of rotatable bonds is 6. The van der Waals surface area contributed by atoms with Gasteiger partial charge >= 0.3 is 0 Å². The number of benzene rings is 1. The molecule has 1 aromatic rings. The maximum absolute atomic E-state index is 11.0. The van der Waals surface area contributed by atoms with Gasteiger partial charge in [-0.25, -0.2) is 0 Å². The Morgan fingerprint density at radius 3 is 2.71 bits per heavy atom. The average molecular weight is 316 g/mol. The van der Waals surface area contributed by atoms with Crippen LogP contribution in [0.15, 0.2) is 18.2 Å². The summed E-state index contributed by atoms with van der Waals surface area (Å²) in [7, 11) is -1.93. The lowest BCUT2D eigenvalue weighted by Gasteiger charge is -2.24. The molecule has 1 heterocycles. The molecule has 6 nitrogen and oxygen atoms in total. The van der Waals surface area contributed by atoms with Crippen molar-refractivity contribution in [3.63, 3.8) is 0 Å². The fourth-order valence-corrected chi connectivity index (χ4v) is 2.37. The molecule has 1 aromatic carbocycles. The molecule has 0 radical (unpaired) electrons. The molecule has 118 valence electrons. The van der Waals surface area contributed by atoms with Gasteiger partial charge in [0, 0.05) is 6.42 Å². The average Bonchev–Trinajstić information content (AvgIpc) is 2.46. The minimum absolute atomic E-state index is 0.0323. The van der Waals surface area contributed by atoms with Crippen LogP contribution in [0.2, 0.25) is 0 Å². The van der Waals surface area contributed by atoms with E-state index < -0.39 is 10.1 Å². The zero-order chi connectivity index (χ0) is 15.3. The van der Waals surface area contributed by atoms with Crippen molar-refractivity contribution >= 4 is 10.1 Å². The van der Waals surface area contributed by atoms with Gasteiger partial charge in [-0.15, -0.1) is 0 Å². The van der Waals surface area contributed by atoms with Crippen LogP contribution in [-0.4, -0.2) is 34.7 Å². The van der Waals surface area contributed by atoms with Crippen LogP contribution in [0.5, 0.6) is 11.5 Å². The topological polar surface area (TPSA) is 71.1 Å². The maximum Gasteiger partial charge on any atom is 0.264 e. The molecular formula is C14H20O6S. The third-order valence-electron chi connectivity index (χ3n) is 3.06. The Labute approximate surface area is 125 Å². The molecule has 1 atom stereocenters. The molecule has 7 heteroatoms. The van der Waals surface area contributed by atoms with Gasteiger partial charge in [0.25, 0.3) is 10.1 Å². The zero-order valence-corrected chi connectivity index (χ0v) is 13.0. The van der Waals surface area contributed by atoms with E-state index >= 15 is 0 Å². The quantitative estimate of drug-likeness (QED) is 0.748. The van der Waals surface area contributed by atoms with E-state index in [-0.39, 0.29) is 12.9 Å². The van der Waals surface area contributed by atoms with Crippen LogP contribution >= 0.6 is 0 Å². The summed E-state index contributed by atoms with van der Waals surface area (Å²) in [5, 5.41) is 0. The van der Waals surface area contributed by atoms with Gasteiger partial charge in [-0.2, -0.15) is 8.42 Å². The van der Waals surface area contributed by atoms with Crippen LogP contribution < -0.4 is 9.47 Å². The van der Waals surface area contributed by atoms with Crippen molar-refractivity contribution in [2.24, 2.45) is 0 Å². The zero-order valence-electron chi connectivity index (χ0n) is 12.2. The second kappa shape index (κ2) is 7.11. The summed E-state index contributed by atoms with van der Waals surface area (Å²) in [6.45, 7) is 0.669. The van der Waals surface area contributed by atoms with Crippen LogP contribution in [-0.2, 0) is 25.6 Å². The third-order valence-corrected chi connectivity index (χ3v) is 3.61. The van der Waals surface area contributed by atoms with Crippen LogP contribution in [0.4, 0.5) is 0 Å². The highest BCUT2D eigenvalue weighted by molar-refractivity contribution is 7.85. The molecule has 0 bridgehead atoms. The SMILES string of the molecule is COc1cc(COS(C)(=O)=O)ccc1OC1CCCCO1. The fourth-order valence-electron chi connectivity index (χ4n) is 2.02. The Balaban J connectivity index is 2.05. The van der Waals surface area contributed by atoms with Gasteiger partial charge in [0.1, 0.15) is 0 Å². The molecule has 0 aromatic heterocycles. The summed E-state index contributed by atoms with van der Waals surface area (Å²) in [6, 6.07) is 5.17. The second-order valence-corrected chi connectivity index (χ2v) is 6.51. The Bertz CT molecular complexity index is 563. The van der Waals surface area contributed by atoms with Crippen molar-refractivity contribution < 1.29 is 26.8 Å². The first-order chi connectivity index (χ1) is 9.98. The van der Waals surface area contributed by atoms with E-state index in [1.807, 2.05) is 0 Å². The normalized spacial score (nSPS) is 19.2. The molecule has 0 amide bonds. The molecule has 1 fully saturated rings. The van der Waals surface area contributed by atoms with Crippen molar-refractivity contribution in [2.75, 3.05) is 20.0 Å². The Morgan fingerprint density at radius 2 is 2.10 bits per heavy atom. The largest absolute Gasteiger partial charge is 0.493 e. The first-order valence-electron chi connectivity index (χ1n) is 6.77. The fraction of sp³-hybridized carbons (Fsp3) is 0.571. The predicted octanol–water partition coefficient (Wildman–Crippen LogP) is 2.08. The van der Waals surface area contributed by atoms with Gasteiger partial charge in [0.15, 0.2) is 17.8 Å². The monoisotopic (exact) mass is 316 g/mol. The molecule has 21 heavy (non-hydrogen) atoms. The van der Waals surface area contributed by atoms with Crippen LogP contribution in [0.25, 0.3) is 0 Å². The van der Waals surface area contributed by atoms with Gasteiger partial charge < -0.3 is 14.2 Å². The van der Waals surface area contributed by atoms with E-state index in [2.05, 4.69) is 0 Å². The van der Waals surface area contributed by atoms with Crippen molar-refractivity contribution in [1.82, 2.24) is 0 Å². The van der Waals surface area contributed by atoms with Gasteiger partial charge in [0.05, 0.1) is 26.6 Å². The van der Waals surface area contributed by atoms with Gasteiger partial charge in [0.2, 0.25) is 0 Å². The van der Waals surface area contributed by atoms with E-state index in [4.69, 9.17) is 18.4 Å². The second-order valence-electron chi connectivity index (χ2n) is 4.87. The van der Waals surface area contributed by atoms with E-state index in [9.17, 15) is 8.42 Å². The lowest BCUT2D eigenvalue weighted by atomic mass is 10.2. The maximum atomic E-state index is 11.0. The lowest BCUT2D eigenvalue weighted by molar-refractivity contribution is -0.106. The van der Waals surface area contributed by atoms with E-state index in [1.165, 1.54) is 7.11 Å². The molecule has 2 rings (SSSR count). The highest BCUT2D eigenvalue weighted by Crippen LogP contribution is 2.31. The number of hydrogen-bond donors (Lipinski definition) is 0. The van der Waals surface area contributed by atoms with Crippen LogP contribution in [0, 0.1) is 0 Å². The summed E-state index contributed by atoms with van der Waals surface area (Å²) in [6.07, 6.45) is 3.74. The van der Waals surface area contributed by atoms with E-state index in [1.54, 1.807) is 18.2 Å². The molecule has 0 N–H and O–H groups in total. The molecule has 0 saturated carbocycles.